The van der Waals surface area contributed by atoms with E-state index in [4.69, 9.17) is 0 Å². The van der Waals surface area contributed by atoms with Crippen LogP contribution >= 0.6 is 0 Å². The van der Waals surface area contributed by atoms with Crippen LogP contribution in [0.25, 0.3) is 12.2 Å². The molecule has 0 aliphatic heterocycles. The van der Waals surface area contributed by atoms with Crippen molar-refractivity contribution in [2.24, 2.45) is 0 Å². The minimum atomic E-state index is 0. The van der Waals surface area contributed by atoms with Gasteiger partial charge in [0, 0.05) is 20.4 Å². The third-order valence-electron chi connectivity index (χ3n) is 2.07. The van der Waals surface area contributed by atoms with E-state index in [1.165, 1.54) is 25.0 Å². The zero-order chi connectivity index (χ0) is 13.2. The molecule has 0 atom stereocenters. The Morgan fingerprint density at radius 3 is 1.26 bits per heavy atom. The maximum Gasteiger partial charge on any atom is 0.126 e. The summed E-state index contributed by atoms with van der Waals surface area (Å²) in [6.07, 6.45) is 4.24. The smallest absolute Gasteiger partial charge is 0.126 e. The fourth-order valence-electron chi connectivity index (χ4n) is 1.32. The first-order valence-electron chi connectivity index (χ1n) is 5.94. The maximum atomic E-state index is 9.44. The summed E-state index contributed by atoms with van der Waals surface area (Å²) < 4.78 is 0. The van der Waals surface area contributed by atoms with Gasteiger partial charge in [0.25, 0.3) is 0 Å². The third-order valence-corrected chi connectivity index (χ3v) is 2.07. The Hall–Kier alpha value is -1.49. The van der Waals surface area contributed by atoms with E-state index in [2.05, 4.69) is 36.4 Å². The van der Waals surface area contributed by atoms with E-state index < -0.39 is 0 Å². The van der Waals surface area contributed by atoms with Crippen LogP contribution in [0.2, 0.25) is 0 Å². The van der Waals surface area contributed by atoms with Gasteiger partial charge >= 0.3 is 0 Å². The van der Waals surface area contributed by atoms with E-state index in [0.29, 0.717) is 0 Å². The second-order valence-corrected chi connectivity index (χ2v) is 4.06. The van der Waals surface area contributed by atoms with Crippen LogP contribution in [-0.4, -0.2) is 5.78 Å². The molecule has 0 aliphatic carbocycles. The van der Waals surface area contributed by atoms with Crippen LogP contribution in [0.1, 0.15) is 25.0 Å². The fraction of sp³-hybridized carbons (Fsp3) is 0.118. The SMILES string of the molecule is C(=Cc1ccccc1)c1ccccc1.CC(C)=O.[Pd]. The number of ketones is 1. The summed E-state index contributed by atoms with van der Waals surface area (Å²) in [5, 5.41) is 0. The standard InChI is InChI=1S/C14H12.C3H6O.Pd/c1-3-7-13(8-4-1)11-12-14-9-5-2-6-10-14;1-3(2)4;/h1-12H;1-2H3;. The average Bonchev–Trinajstić information content (AvgIpc) is 2.38. The first-order valence-corrected chi connectivity index (χ1v) is 5.94. The van der Waals surface area contributed by atoms with E-state index in [9.17, 15) is 4.79 Å². The van der Waals surface area contributed by atoms with Crippen molar-refractivity contribution in [3.8, 4) is 0 Å². The molecule has 0 spiro atoms. The van der Waals surface area contributed by atoms with Crippen molar-refractivity contribution in [2.75, 3.05) is 0 Å². The van der Waals surface area contributed by atoms with Gasteiger partial charge in [-0.2, -0.15) is 0 Å². The number of carbonyl (C=O) groups is 1. The molecule has 2 heteroatoms. The molecule has 0 saturated carbocycles. The van der Waals surface area contributed by atoms with E-state index in [1.807, 2.05) is 36.4 Å². The first kappa shape index (κ1) is 17.5. The molecule has 1 nitrogen and oxygen atoms in total. The van der Waals surface area contributed by atoms with E-state index >= 15 is 0 Å². The normalized spacial score (nSPS) is 9.16. The monoisotopic (exact) mass is 344 g/mol. The van der Waals surface area contributed by atoms with Crippen molar-refractivity contribution >= 4 is 17.9 Å². The molecular formula is C17H18OPd. The molecule has 0 unspecified atom stereocenters. The molecule has 0 bridgehead atoms. The molecule has 0 fully saturated rings. The Balaban J connectivity index is 0.000000576. The van der Waals surface area contributed by atoms with Gasteiger partial charge in [0.15, 0.2) is 0 Å². The molecule has 0 N–H and O–H groups in total. The van der Waals surface area contributed by atoms with Crippen LogP contribution in [0, 0.1) is 0 Å². The Bertz CT molecular complexity index is 444. The van der Waals surface area contributed by atoms with Crippen molar-refractivity contribution < 1.29 is 25.2 Å². The van der Waals surface area contributed by atoms with Crippen LogP contribution in [0.4, 0.5) is 0 Å². The van der Waals surface area contributed by atoms with Gasteiger partial charge < -0.3 is 4.79 Å². The number of rotatable bonds is 2. The van der Waals surface area contributed by atoms with Gasteiger partial charge in [0.2, 0.25) is 0 Å². The van der Waals surface area contributed by atoms with E-state index in [1.54, 1.807) is 0 Å². The van der Waals surface area contributed by atoms with Crippen molar-refractivity contribution in [1.82, 2.24) is 0 Å². The van der Waals surface area contributed by atoms with E-state index in [-0.39, 0.29) is 26.2 Å². The summed E-state index contributed by atoms with van der Waals surface area (Å²) in [7, 11) is 0. The zero-order valence-corrected chi connectivity index (χ0v) is 12.7. The number of carbonyl (C=O) groups excluding carboxylic acids is 1. The van der Waals surface area contributed by atoms with Crippen molar-refractivity contribution in [2.45, 2.75) is 13.8 Å². The maximum absolute atomic E-state index is 9.44. The van der Waals surface area contributed by atoms with Gasteiger partial charge in [-0.25, -0.2) is 0 Å². The molecule has 0 saturated heterocycles. The van der Waals surface area contributed by atoms with Crippen molar-refractivity contribution in [3.05, 3.63) is 71.8 Å². The van der Waals surface area contributed by atoms with Crippen molar-refractivity contribution in [3.63, 3.8) is 0 Å². The second kappa shape index (κ2) is 10.4. The van der Waals surface area contributed by atoms with E-state index in [0.717, 1.165) is 0 Å². The molecule has 0 radical (unpaired) electrons. The summed E-state index contributed by atoms with van der Waals surface area (Å²) >= 11 is 0. The van der Waals surface area contributed by atoms with Crippen LogP contribution in [0.3, 0.4) is 0 Å². The summed E-state index contributed by atoms with van der Waals surface area (Å²) in [4.78, 5) is 9.44. The van der Waals surface area contributed by atoms with Crippen LogP contribution in [0.5, 0.6) is 0 Å². The van der Waals surface area contributed by atoms with Crippen LogP contribution in [0.15, 0.2) is 60.7 Å². The Morgan fingerprint density at radius 2 is 1.00 bits per heavy atom. The van der Waals surface area contributed by atoms with Gasteiger partial charge in [0.1, 0.15) is 5.78 Å². The molecular weight excluding hydrogens is 327 g/mol. The summed E-state index contributed by atoms with van der Waals surface area (Å²) in [6.45, 7) is 3.06. The molecule has 19 heavy (non-hydrogen) atoms. The largest absolute Gasteiger partial charge is 0.300 e. The van der Waals surface area contributed by atoms with Gasteiger partial charge in [-0.15, -0.1) is 0 Å². The summed E-state index contributed by atoms with van der Waals surface area (Å²) in [5.41, 5.74) is 2.47. The molecule has 2 aromatic carbocycles. The topological polar surface area (TPSA) is 17.1 Å². The molecule has 102 valence electrons. The zero-order valence-electron chi connectivity index (χ0n) is 11.2. The average molecular weight is 345 g/mol. The first-order chi connectivity index (χ1) is 8.68. The van der Waals surface area contributed by atoms with Gasteiger partial charge in [-0.05, 0) is 25.0 Å². The molecule has 0 aliphatic rings. The van der Waals surface area contributed by atoms with Gasteiger partial charge in [0.05, 0.1) is 0 Å². The minimum Gasteiger partial charge on any atom is -0.300 e. The predicted molar refractivity (Wildman–Crippen MR) is 78.2 cm³/mol. The molecule has 2 rings (SSSR count). The number of Topliss-reactive ketones (excluding diaryl/α,β-unsaturated/α-hetero) is 1. The van der Waals surface area contributed by atoms with Crippen LogP contribution < -0.4 is 0 Å². The number of benzene rings is 2. The minimum absolute atomic E-state index is 0. The van der Waals surface area contributed by atoms with Gasteiger partial charge in [-0.3, -0.25) is 0 Å². The molecule has 2 aromatic rings. The van der Waals surface area contributed by atoms with Gasteiger partial charge in [-0.1, -0.05) is 72.8 Å². The van der Waals surface area contributed by atoms with Crippen molar-refractivity contribution in [1.29, 1.82) is 0 Å². The number of hydrogen-bond acceptors (Lipinski definition) is 1. The Kier molecular flexibility index (Phi) is 9.62. The number of hydrogen-bond donors (Lipinski definition) is 0. The quantitative estimate of drug-likeness (QED) is 0.581. The molecule has 0 aromatic heterocycles. The molecule has 0 amide bonds. The third kappa shape index (κ3) is 9.13. The second-order valence-electron chi connectivity index (χ2n) is 4.06. The Morgan fingerprint density at radius 1 is 0.737 bits per heavy atom. The molecule has 0 heterocycles. The fourth-order valence-corrected chi connectivity index (χ4v) is 1.32. The summed E-state index contributed by atoms with van der Waals surface area (Å²) in [5.74, 6) is 0.167. The summed E-state index contributed by atoms with van der Waals surface area (Å²) in [6, 6.07) is 20.6. The predicted octanol–water partition coefficient (Wildman–Crippen LogP) is 4.45. The van der Waals surface area contributed by atoms with Crippen LogP contribution in [-0.2, 0) is 25.2 Å². The Labute approximate surface area is 129 Å².